The Morgan fingerprint density at radius 2 is 2.35 bits per heavy atom. The summed E-state index contributed by atoms with van der Waals surface area (Å²) in [5, 5.41) is 3.43. The van der Waals surface area contributed by atoms with Crippen molar-refractivity contribution in [3.05, 3.63) is 30.5 Å². The van der Waals surface area contributed by atoms with E-state index in [-0.39, 0.29) is 0 Å². The van der Waals surface area contributed by atoms with Crippen LogP contribution >= 0.6 is 0 Å². The fourth-order valence-electron chi connectivity index (χ4n) is 2.21. The number of nitrogens with zero attached hydrogens (tertiary/aromatic N) is 4. The molecule has 1 saturated heterocycles. The van der Waals surface area contributed by atoms with Gasteiger partial charge < -0.3 is 9.88 Å². The lowest BCUT2D eigenvalue weighted by atomic mass is 10.1. The fraction of sp³-hybridized carbons (Fsp3) is 0.417. The molecule has 3 heterocycles. The summed E-state index contributed by atoms with van der Waals surface area (Å²) in [5.74, 6) is 0.859. The predicted molar refractivity (Wildman–Crippen MR) is 64.2 cm³/mol. The molecule has 2 aromatic heterocycles. The van der Waals surface area contributed by atoms with E-state index in [9.17, 15) is 0 Å². The average molecular weight is 229 g/mol. The lowest BCUT2D eigenvalue weighted by Gasteiger charge is -2.10. The monoisotopic (exact) mass is 229 g/mol. The van der Waals surface area contributed by atoms with Crippen LogP contribution in [0.1, 0.15) is 24.6 Å². The Kier molecular flexibility index (Phi) is 2.60. The number of rotatable bonds is 2. The first-order valence-corrected chi connectivity index (χ1v) is 5.87. The summed E-state index contributed by atoms with van der Waals surface area (Å²) < 4.78 is 1.95. The molecule has 1 N–H and O–H groups in total. The van der Waals surface area contributed by atoms with Crippen LogP contribution in [0.15, 0.2) is 24.8 Å². The zero-order valence-electron chi connectivity index (χ0n) is 9.80. The molecule has 3 rings (SSSR count). The first-order chi connectivity index (χ1) is 8.34. The van der Waals surface area contributed by atoms with Crippen LogP contribution in [0.4, 0.5) is 0 Å². The highest BCUT2D eigenvalue weighted by Gasteiger charge is 2.18. The second-order valence-corrected chi connectivity index (χ2v) is 4.34. The number of aromatic nitrogens is 4. The third-order valence-electron chi connectivity index (χ3n) is 3.12. The lowest BCUT2D eigenvalue weighted by molar-refractivity contribution is 0.624. The number of hydrogen-bond acceptors (Lipinski definition) is 4. The van der Waals surface area contributed by atoms with E-state index < -0.39 is 0 Å². The van der Waals surface area contributed by atoms with E-state index in [1.807, 2.05) is 24.0 Å². The number of aryl methyl sites for hydroxylation is 1. The maximum absolute atomic E-state index is 4.65. The Balaban J connectivity index is 1.96. The maximum Gasteiger partial charge on any atom is 0.159 e. The molecule has 1 unspecified atom stereocenters. The Hall–Kier alpha value is -1.75. The summed E-state index contributed by atoms with van der Waals surface area (Å²) in [7, 11) is 1.96. The third-order valence-corrected chi connectivity index (χ3v) is 3.12. The molecule has 88 valence electrons. The van der Waals surface area contributed by atoms with Crippen LogP contribution in [0.5, 0.6) is 0 Å². The zero-order valence-corrected chi connectivity index (χ0v) is 9.80. The van der Waals surface area contributed by atoms with Gasteiger partial charge in [-0.3, -0.25) is 4.98 Å². The van der Waals surface area contributed by atoms with E-state index in [2.05, 4.69) is 20.3 Å². The Labute approximate surface area is 99.9 Å². The third kappa shape index (κ3) is 1.93. The SMILES string of the molecule is Cn1ccnc1-c1cncc(C2CCCN2)n1. The Morgan fingerprint density at radius 3 is 3.06 bits per heavy atom. The summed E-state index contributed by atoms with van der Waals surface area (Å²) in [6.07, 6.45) is 9.64. The van der Waals surface area contributed by atoms with E-state index in [0.29, 0.717) is 6.04 Å². The van der Waals surface area contributed by atoms with Crippen molar-refractivity contribution in [2.45, 2.75) is 18.9 Å². The average Bonchev–Trinajstić information content (AvgIpc) is 2.99. The van der Waals surface area contributed by atoms with E-state index in [0.717, 1.165) is 30.2 Å². The molecule has 17 heavy (non-hydrogen) atoms. The molecule has 2 aromatic rings. The van der Waals surface area contributed by atoms with Gasteiger partial charge in [0.1, 0.15) is 5.69 Å². The predicted octanol–water partition coefficient (Wildman–Crippen LogP) is 1.30. The molecule has 0 aromatic carbocycles. The standard InChI is InChI=1S/C12H15N5/c1-17-6-5-15-12(17)11-8-13-7-10(16-11)9-3-2-4-14-9/h5-9,14H,2-4H2,1H3. The van der Waals surface area contributed by atoms with Crippen LogP contribution in [-0.4, -0.2) is 26.1 Å². The Morgan fingerprint density at radius 1 is 1.41 bits per heavy atom. The normalized spacial score (nSPS) is 19.7. The van der Waals surface area contributed by atoms with Crippen molar-refractivity contribution in [1.29, 1.82) is 0 Å². The molecule has 5 heteroatoms. The lowest BCUT2D eigenvalue weighted by Crippen LogP contribution is -2.15. The van der Waals surface area contributed by atoms with E-state index in [1.165, 1.54) is 6.42 Å². The first-order valence-electron chi connectivity index (χ1n) is 5.87. The molecule has 1 aliphatic heterocycles. The van der Waals surface area contributed by atoms with Crippen LogP contribution in [0.2, 0.25) is 0 Å². The largest absolute Gasteiger partial charge is 0.333 e. The van der Waals surface area contributed by atoms with Crippen LogP contribution < -0.4 is 5.32 Å². The quantitative estimate of drug-likeness (QED) is 0.843. The van der Waals surface area contributed by atoms with Gasteiger partial charge in [-0.25, -0.2) is 9.97 Å². The van der Waals surface area contributed by atoms with Crippen LogP contribution in [0, 0.1) is 0 Å². The summed E-state index contributed by atoms with van der Waals surface area (Å²) in [6, 6.07) is 0.350. The fourth-order valence-corrected chi connectivity index (χ4v) is 2.21. The minimum absolute atomic E-state index is 0.350. The van der Waals surface area contributed by atoms with Crippen molar-refractivity contribution in [3.63, 3.8) is 0 Å². The second kappa shape index (κ2) is 4.25. The molecule has 0 saturated carbocycles. The second-order valence-electron chi connectivity index (χ2n) is 4.34. The molecule has 1 atom stereocenters. The van der Waals surface area contributed by atoms with Gasteiger partial charge in [0.2, 0.25) is 0 Å². The van der Waals surface area contributed by atoms with E-state index in [4.69, 9.17) is 0 Å². The van der Waals surface area contributed by atoms with Crippen molar-refractivity contribution in [3.8, 4) is 11.5 Å². The van der Waals surface area contributed by atoms with Gasteiger partial charge in [0.25, 0.3) is 0 Å². The minimum Gasteiger partial charge on any atom is -0.333 e. The van der Waals surface area contributed by atoms with Crippen molar-refractivity contribution >= 4 is 0 Å². The zero-order chi connectivity index (χ0) is 11.7. The molecule has 0 radical (unpaired) electrons. The van der Waals surface area contributed by atoms with Crippen molar-refractivity contribution < 1.29 is 0 Å². The molecular formula is C12H15N5. The van der Waals surface area contributed by atoms with Gasteiger partial charge in [0.15, 0.2) is 5.82 Å². The molecule has 1 fully saturated rings. The highest BCUT2D eigenvalue weighted by atomic mass is 15.1. The molecule has 0 amide bonds. The van der Waals surface area contributed by atoms with Gasteiger partial charge in [0, 0.05) is 19.4 Å². The maximum atomic E-state index is 4.65. The first kappa shape index (κ1) is 10.4. The highest BCUT2D eigenvalue weighted by molar-refractivity contribution is 5.48. The van der Waals surface area contributed by atoms with Crippen LogP contribution in [0.3, 0.4) is 0 Å². The molecular weight excluding hydrogens is 214 g/mol. The number of imidazole rings is 1. The van der Waals surface area contributed by atoms with Crippen molar-refractivity contribution in [2.24, 2.45) is 7.05 Å². The van der Waals surface area contributed by atoms with Crippen molar-refractivity contribution in [1.82, 2.24) is 24.8 Å². The van der Waals surface area contributed by atoms with Gasteiger partial charge in [-0.1, -0.05) is 0 Å². The molecule has 1 aliphatic rings. The smallest absolute Gasteiger partial charge is 0.159 e. The summed E-state index contributed by atoms with van der Waals surface area (Å²) in [4.78, 5) is 13.2. The topological polar surface area (TPSA) is 55.6 Å². The summed E-state index contributed by atoms with van der Waals surface area (Å²) >= 11 is 0. The number of hydrogen-bond donors (Lipinski definition) is 1. The number of nitrogens with one attached hydrogen (secondary N) is 1. The summed E-state index contributed by atoms with van der Waals surface area (Å²) in [6.45, 7) is 1.07. The van der Waals surface area contributed by atoms with Crippen molar-refractivity contribution in [2.75, 3.05) is 6.54 Å². The van der Waals surface area contributed by atoms with Crippen LogP contribution in [0.25, 0.3) is 11.5 Å². The van der Waals surface area contributed by atoms with E-state index in [1.54, 1.807) is 12.4 Å². The Bertz CT molecular complexity index is 513. The molecule has 0 bridgehead atoms. The molecule has 0 spiro atoms. The highest BCUT2D eigenvalue weighted by Crippen LogP contribution is 2.22. The van der Waals surface area contributed by atoms with Crippen LogP contribution in [-0.2, 0) is 7.05 Å². The minimum atomic E-state index is 0.350. The van der Waals surface area contributed by atoms with E-state index >= 15 is 0 Å². The summed E-state index contributed by atoms with van der Waals surface area (Å²) in [5.41, 5.74) is 1.85. The molecule has 0 aliphatic carbocycles. The van der Waals surface area contributed by atoms with Gasteiger partial charge in [-0.05, 0) is 19.4 Å². The van der Waals surface area contributed by atoms with Gasteiger partial charge in [0.05, 0.1) is 24.1 Å². The molecule has 5 nitrogen and oxygen atoms in total. The van der Waals surface area contributed by atoms with Gasteiger partial charge >= 0.3 is 0 Å². The van der Waals surface area contributed by atoms with Gasteiger partial charge in [-0.15, -0.1) is 0 Å². The van der Waals surface area contributed by atoms with Gasteiger partial charge in [-0.2, -0.15) is 0 Å².